The SMILES string of the molecule is CCOC(C)(C)c1nc(NC)c(Br)c(C2CC2)n1. The summed E-state index contributed by atoms with van der Waals surface area (Å²) in [5.41, 5.74) is 0.655. The molecular weight excluding hydrogens is 294 g/mol. The van der Waals surface area contributed by atoms with Crippen LogP contribution in [0.1, 0.15) is 51.0 Å². The van der Waals surface area contributed by atoms with Crippen molar-refractivity contribution in [2.75, 3.05) is 19.0 Å². The van der Waals surface area contributed by atoms with Gasteiger partial charge in [0.15, 0.2) is 5.82 Å². The van der Waals surface area contributed by atoms with Crippen LogP contribution in [0.3, 0.4) is 0 Å². The Morgan fingerprint density at radius 1 is 1.39 bits per heavy atom. The summed E-state index contributed by atoms with van der Waals surface area (Å²) in [5.74, 6) is 2.17. The lowest BCUT2D eigenvalue weighted by molar-refractivity contribution is -0.0208. The van der Waals surface area contributed by atoms with E-state index in [9.17, 15) is 0 Å². The first-order chi connectivity index (χ1) is 8.49. The average Bonchev–Trinajstić information content (AvgIpc) is 3.13. The molecule has 0 atom stereocenters. The van der Waals surface area contributed by atoms with Crippen LogP contribution in [-0.2, 0) is 10.3 Å². The molecule has 1 saturated carbocycles. The molecule has 5 heteroatoms. The molecule has 1 aromatic rings. The van der Waals surface area contributed by atoms with Gasteiger partial charge in [-0.1, -0.05) is 0 Å². The summed E-state index contributed by atoms with van der Waals surface area (Å²) in [6.45, 7) is 6.66. The molecule has 4 nitrogen and oxygen atoms in total. The van der Waals surface area contributed by atoms with Crippen molar-refractivity contribution < 1.29 is 4.74 Å². The number of rotatable bonds is 5. The maximum absolute atomic E-state index is 5.74. The zero-order valence-corrected chi connectivity index (χ0v) is 13.0. The molecule has 0 saturated heterocycles. The van der Waals surface area contributed by atoms with E-state index in [0.29, 0.717) is 12.5 Å². The molecule has 1 aliphatic rings. The normalized spacial score (nSPS) is 15.8. The van der Waals surface area contributed by atoms with E-state index in [1.54, 1.807) is 0 Å². The highest BCUT2D eigenvalue weighted by Gasteiger charge is 2.32. The van der Waals surface area contributed by atoms with Crippen LogP contribution >= 0.6 is 15.9 Å². The van der Waals surface area contributed by atoms with Gasteiger partial charge in [-0.25, -0.2) is 9.97 Å². The molecule has 1 aliphatic carbocycles. The molecule has 0 amide bonds. The molecule has 0 radical (unpaired) electrons. The summed E-state index contributed by atoms with van der Waals surface area (Å²) in [6, 6.07) is 0. The van der Waals surface area contributed by atoms with Crippen LogP contribution in [0.15, 0.2) is 4.47 Å². The van der Waals surface area contributed by atoms with Crippen LogP contribution in [0.5, 0.6) is 0 Å². The van der Waals surface area contributed by atoms with E-state index < -0.39 is 5.60 Å². The zero-order chi connectivity index (χ0) is 13.3. The lowest BCUT2D eigenvalue weighted by Gasteiger charge is -2.24. The van der Waals surface area contributed by atoms with Gasteiger partial charge in [0.25, 0.3) is 0 Å². The third-order valence-corrected chi connectivity index (χ3v) is 3.90. The Labute approximate surface area is 117 Å². The van der Waals surface area contributed by atoms with E-state index >= 15 is 0 Å². The Morgan fingerprint density at radius 3 is 2.56 bits per heavy atom. The molecule has 0 bridgehead atoms. The Bertz CT molecular complexity index is 444. The summed E-state index contributed by atoms with van der Waals surface area (Å²) < 4.78 is 6.73. The van der Waals surface area contributed by atoms with Crippen molar-refractivity contribution in [3.8, 4) is 0 Å². The van der Waals surface area contributed by atoms with E-state index in [1.807, 2.05) is 27.8 Å². The quantitative estimate of drug-likeness (QED) is 0.904. The second kappa shape index (κ2) is 5.13. The molecule has 0 spiro atoms. The number of anilines is 1. The standard InChI is InChI=1S/C13H20BrN3O/c1-5-18-13(2,3)12-16-10(8-6-7-8)9(14)11(15-4)17-12/h8H,5-7H2,1-4H3,(H,15,16,17). The number of aromatic nitrogens is 2. The van der Waals surface area contributed by atoms with Crippen molar-refractivity contribution >= 4 is 21.7 Å². The maximum Gasteiger partial charge on any atom is 0.162 e. The van der Waals surface area contributed by atoms with E-state index in [2.05, 4.69) is 26.2 Å². The van der Waals surface area contributed by atoms with Gasteiger partial charge >= 0.3 is 0 Å². The minimum atomic E-state index is -0.454. The second-order valence-electron chi connectivity index (χ2n) is 5.06. The molecule has 0 unspecified atom stereocenters. The van der Waals surface area contributed by atoms with Crippen molar-refractivity contribution in [1.82, 2.24) is 9.97 Å². The van der Waals surface area contributed by atoms with Crippen molar-refractivity contribution in [2.45, 2.75) is 45.1 Å². The number of ether oxygens (including phenoxy) is 1. The predicted octanol–water partition coefficient (Wildman–Crippen LogP) is 3.43. The van der Waals surface area contributed by atoms with Gasteiger partial charge in [-0.15, -0.1) is 0 Å². The molecule has 2 rings (SSSR count). The Kier molecular flexibility index (Phi) is 3.92. The van der Waals surface area contributed by atoms with Crippen molar-refractivity contribution in [3.05, 3.63) is 16.0 Å². The molecule has 1 aromatic heterocycles. The second-order valence-corrected chi connectivity index (χ2v) is 5.86. The first-order valence-corrected chi connectivity index (χ1v) is 7.18. The number of hydrogen-bond donors (Lipinski definition) is 1. The Morgan fingerprint density at radius 2 is 2.06 bits per heavy atom. The van der Waals surface area contributed by atoms with E-state index in [1.165, 1.54) is 12.8 Å². The van der Waals surface area contributed by atoms with Gasteiger partial charge in [0.1, 0.15) is 11.4 Å². The molecule has 18 heavy (non-hydrogen) atoms. The fourth-order valence-corrected chi connectivity index (χ4v) is 2.65. The third kappa shape index (κ3) is 2.67. The minimum absolute atomic E-state index is 0.454. The molecule has 0 aliphatic heterocycles. The van der Waals surface area contributed by atoms with Crippen molar-refractivity contribution in [2.24, 2.45) is 0 Å². The highest BCUT2D eigenvalue weighted by atomic mass is 79.9. The van der Waals surface area contributed by atoms with Gasteiger partial charge in [0.05, 0.1) is 10.2 Å². The largest absolute Gasteiger partial charge is 0.372 e. The molecule has 1 fully saturated rings. The third-order valence-electron chi connectivity index (χ3n) is 3.12. The minimum Gasteiger partial charge on any atom is -0.372 e. The van der Waals surface area contributed by atoms with Crippen LogP contribution in [0.4, 0.5) is 5.82 Å². The fourth-order valence-electron chi connectivity index (χ4n) is 1.95. The lowest BCUT2D eigenvalue weighted by Crippen LogP contribution is -2.26. The summed E-state index contributed by atoms with van der Waals surface area (Å²) in [4.78, 5) is 9.27. The number of nitrogens with zero attached hydrogens (tertiary/aromatic N) is 2. The first-order valence-electron chi connectivity index (χ1n) is 6.39. The van der Waals surface area contributed by atoms with E-state index in [4.69, 9.17) is 9.72 Å². The van der Waals surface area contributed by atoms with Crippen LogP contribution in [-0.4, -0.2) is 23.6 Å². The topological polar surface area (TPSA) is 47.0 Å². The predicted molar refractivity (Wildman–Crippen MR) is 75.9 cm³/mol. The number of hydrogen-bond acceptors (Lipinski definition) is 4. The maximum atomic E-state index is 5.74. The van der Waals surface area contributed by atoms with E-state index in [0.717, 1.165) is 21.8 Å². The van der Waals surface area contributed by atoms with Crippen LogP contribution in [0.2, 0.25) is 0 Å². The van der Waals surface area contributed by atoms with Gasteiger partial charge in [-0.2, -0.15) is 0 Å². The summed E-state index contributed by atoms with van der Waals surface area (Å²) in [5, 5.41) is 3.12. The van der Waals surface area contributed by atoms with Gasteiger partial charge < -0.3 is 10.1 Å². The Balaban J connectivity index is 2.44. The summed E-state index contributed by atoms with van der Waals surface area (Å²) in [7, 11) is 1.88. The smallest absolute Gasteiger partial charge is 0.162 e. The molecule has 100 valence electrons. The van der Waals surface area contributed by atoms with Gasteiger partial charge in [-0.3, -0.25) is 0 Å². The molecule has 1 heterocycles. The van der Waals surface area contributed by atoms with Crippen LogP contribution in [0, 0.1) is 0 Å². The number of halogens is 1. The van der Waals surface area contributed by atoms with Gasteiger partial charge in [-0.05, 0) is 49.5 Å². The fraction of sp³-hybridized carbons (Fsp3) is 0.692. The van der Waals surface area contributed by atoms with Crippen molar-refractivity contribution in [3.63, 3.8) is 0 Å². The average molecular weight is 314 g/mol. The van der Waals surface area contributed by atoms with Crippen LogP contribution in [0.25, 0.3) is 0 Å². The summed E-state index contributed by atoms with van der Waals surface area (Å²) in [6.07, 6.45) is 2.43. The summed E-state index contributed by atoms with van der Waals surface area (Å²) >= 11 is 3.59. The number of nitrogens with one attached hydrogen (secondary N) is 1. The van der Waals surface area contributed by atoms with E-state index in [-0.39, 0.29) is 0 Å². The van der Waals surface area contributed by atoms with Crippen LogP contribution < -0.4 is 5.32 Å². The first kappa shape index (κ1) is 13.7. The highest BCUT2D eigenvalue weighted by Crippen LogP contribution is 2.44. The molecule has 1 N–H and O–H groups in total. The lowest BCUT2D eigenvalue weighted by atomic mass is 10.1. The van der Waals surface area contributed by atoms with Gasteiger partial charge in [0.2, 0.25) is 0 Å². The molecular formula is C13H20BrN3O. The van der Waals surface area contributed by atoms with Gasteiger partial charge in [0, 0.05) is 19.6 Å². The molecule has 0 aromatic carbocycles. The van der Waals surface area contributed by atoms with Crippen molar-refractivity contribution in [1.29, 1.82) is 0 Å². The Hall–Kier alpha value is -0.680. The zero-order valence-electron chi connectivity index (χ0n) is 11.4. The highest BCUT2D eigenvalue weighted by molar-refractivity contribution is 9.10. The monoisotopic (exact) mass is 313 g/mol.